The fourth-order valence-corrected chi connectivity index (χ4v) is 1.73. The van der Waals surface area contributed by atoms with E-state index in [2.05, 4.69) is 25.9 Å². The highest BCUT2D eigenvalue weighted by molar-refractivity contribution is 9.10. The Bertz CT molecular complexity index is 342. The third kappa shape index (κ3) is 2.57. The third-order valence-corrected chi connectivity index (χ3v) is 2.96. The molecule has 0 aliphatic carbocycles. The maximum absolute atomic E-state index is 5.60. The van der Waals surface area contributed by atoms with Gasteiger partial charge in [0, 0.05) is 6.61 Å². The van der Waals surface area contributed by atoms with Gasteiger partial charge in [-0.25, -0.2) is 9.97 Å². The van der Waals surface area contributed by atoms with E-state index in [0.29, 0.717) is 22.8 Å². The number of rotatable bonds is 3. The van der Waals surface area contributed by atoms with Gasteiger partial charge in [0.2, 0.25) is 5.88 Å². The molecule has 1 aliphatic rings. The zero-order valence-electron chi connectivity index (χ0n) is 8.15. The molecule has 1 aromatic rings. The molecule has 0 bridgehead atoms. The first-order valence-corrected chi connectivity index (χ1v) is 5.57. The smallest absolute Gasteiger partial charge is 0.233 e. The first kappa shape index (κ1) is 10.6. The summed E-state index contributed by atoms with van der Waals surface area (Å²) in [7, 11) is 0. The van der Waals surface area contributed by atoms with Gasteiger partial charge in [-0.05, 0) is 28.8 Å². The van der Waals surface area contributed by atoms with Gasteiger partial charge in [0.15, 0.2) is 0 Å². The van der Waals surface area contributed by atoms with Crippen LogP contribution in [0.15, 0.2) is 10.8 Å². The van der Waals surface area contributed by atoms with Crippen LogP contribution in [-0.2, 0) is 4.74 Å². The summed E-state index contributed by atoms with van der Waals surface area (Å²) in [5.41, 5.74) is 5.60. The summed E-state index contributed by atoms with van der Waals surface area (Å²) in [6.07, 6.45) is 3.69. The zero-order valence-corrected chi connectivity index (χ0v) is 9.74. The molecule has 82 valence electrons. The Balaban J connectivity index is 1.95. The standard InChI is InChI=1S/C9H12BrN3O2/c10-7-8(11)12-5-13-9(7)15-4-6-2-1-3-14-6/h5-6H,1-4H2,(H2,11,12,13). The van der Waals surface area contributed by atoms with Crippen LogP contribution in [0.5, 0.6) is 5.88 Å². The van der Waals surface area contributed by atoms with Gasteiger partial charge < -0.3 is 15.2 Å². The van der Waals surface area contributed by atoms with Crippen molar-refractivity contribution in [2.75, 3.05) is 18.9 Å². The minimum absolute atomic E-state index is 0.174. The Kier molecular flexibility index (Phi) is 3.37. The highest BCUT2D eigenvalue weighted by Crippen LogP contribution is 2.26. The lowest BCUT2D eigenvalue weighted by atomic mass is 10.2. The number of hydrogen-bond acceptors (Lipinski definition) is 5. The number of hydrogen-bond donors (Lipinski definition) is 1. The number of ether oxygens (including phenoxy) is 2. The summed E-state index contributed by atoms with van der Waals surface area (Å²) in [6.45, 7) is 1.33. The van der Waals surface area contributed by atoms with Crippen molar-refractivity contribution < 1.29 is 9.47 Å². The average molecular weight is 274 g/mol. The van der Waals surface area contributed by atoms with Crippen molar-refractivity contribution >= 4 is 21.7 Å². The molecule has 6 heteroatoms. The summed E-state index contributed by atoms with van der Waals surface area (Å²) < 4.78 is 11.5. The van der Waals surface area contributed by atoms with E-state index in [1.807, 2.05) is 0 Å². The number of anilines is 1. The largest absolute Gasteiger partial charge is 0.474 e. The molecule has 1 fully saturated rings. The fourth-order valence-electron chi connectivity index (χ4n) is 1.41. The van der Waals surface area contributed by atoms with E-state index in [4.69, 9.17) is 15.2 Å². The average Bonchev–Trinajstić information content (AvgIpc) is 2.73. The summed E-state index contributed by atoms with van der Waals surface area (Å²) in [6, 6.07) is 0. The van der Waals surface area contributed by atoms with E-state index in [0.717, 1.165) is 19.4 Å². The number of halogens is 1. The third-order valence-electron chi connectivity index (χ3n) is 2.21. The monoisotopic (exact) mass is 273 g/mol. The maximum Gasteiger partial charge on any atom is 0.233 e. The predicted molar refractivity (Wildman–Crippen MR) is 58.6 cm³/mol. The van der Waals surface area contributed by atoms with Crippen LogP contribution in [-0.4, -0.2) is 29.3 Å². The first-order chi connectivity index (χ1) is 7.27. The molecule has 2 heterocycles. The SMILES string of the molecule is Nc1ncnc(OCC2CCCO2)c1Br. The topological polar surface area (TPSA) is 70.3 Å². The van der Waals surface area contributed by atoms with Crippen LogP contribution >= 0.6 is 15.9 Å². The summed E-state index contributed by atoms with van der Waals surface area (Å²) in [5, 5.41) is 0. The summed E-state index contributed by atoms with van der Waals surface area (Å²) >= 11 is 3.27. The van der Waals surface area contributed by atoms with Crippen LogP contribution in [0.4, 0.5) is 5.82 Å². The van der Waals surface area contributed by atoms with Crippen molar-refractivity contribution in [3.63, 3.8) is 0 Å². The van der Waals surface area contributed by atoms with Crippen LogP contribution in [0.25, 0.3) is 0 Å². The van der Waals surface area contributed by atoms with Crippen LogP contribution in [0.3, 0.4) is 0 Å². The second kappa shape index (κ2) is 4.76. The highest BCUT2D eigenvalue weighted by Gasteiger charge is 2.17. The molecule has 0 spiro atoms. The van der Waals surface area contributed by atoms with Gasteiger partial charge in [-0.3, -0.25) is 0 Å². The molecule has 1 atom stereocenters. The molecule has 2 rings (SSSR count). The lowest BCUT2D eigenvalue weighted by Crippen LogP contribution is -2.17. The number of nitrogens with two attached hydrogens (primary N) is 1. The van der Waals surface area contributed by atoms with Crippen molar-refractivity contribution in [2.24, 2.45) is 0 Å². The molecule has 0 aromatic carbocycles. The molecule has 0 amide bonds. The van der Waals surface area contributed by atoms with Crippen molar-refractivity contribution in [1.82, 2.24) is 9.97 Å². The van der Waals surface area contributed by atoms with Gasteiger partial charge >= 0.3 is 0 Å². The number of nitrogen functional groups attached to an aromatic ring is 1. The van der Waals surface area contributed by atoms with Gasteiger partial charge in [0.1, 0.15) is 23.2 Å². The second-order valence-electron chi connectivity index (χ2n) is 3.32. The van der Waals surface area contributed by atoms with Crippen molar-refractivity contribution in [3.05, 3.63) is 10.8 Å². The Labute approximate surface area is 96.1 Å². The molecule has 0 radical (unpaired) electrons. The zero-order chi connectivity index (χ0) is 10.7. The van der Waals surface area contributed by atoms with E-state index >= 15 is 0 Å². The van der Waals surface area contributed by atoms with Crippen LogP contribution in [0, 0.1) is 0 Å². The van der Waals surface area contributed by atoms with Gasteiger partial charge in [-0.2, -0.15) is 0 Å². The minimum Gasteiger partial charge on any atom is -0.474 e. The summed E-state index contributed by atoms with van der Waals surface area (Å²) in [4.78, 5) is 7.81. The molecule has 2 N–H and O–H groups in total. The molecular formula is C9H12BrN3O2. The second-order valence-corrected chi connectivity index (χ2v) is 4.12. The van der Waals surface area contributed by atoms with Gasteiger partial charge in [-0.15, -0.1) is 0 Å². The number of nitrogens with zero attached hydrogens (tertiary/aromatic N) is 2. The normalized spacial score (nSPS) is 20.5. The quantitative estimate of drug-likeness (QED) is 0.901. The molecule has 15 heavy (non-hydrogen) atoms. The van der Waals surface area contributed by atoms with E-state index in [1.54, 1.807) is 0 Å². The van der Waals surface area contributed by atoms with Crippen molar-refractivity contribution in [1.29, 1.82) is 0 Å². The van der Waals surface area contributed by atoms with E-state index in [-0.39, 0.29) is 6.10 Å². The highest BCUT2D eigenvalue weighted by atomic mass is 79.9. The Hall–Kier alpha value is -0.880. The minimum atomic E-state index is 0.174. The molecule has 1 aliphatic heterocycles. The predicted octanol–water partition coefficient (Wildman–Crippen LogP) is 1.38. The van der Waals surface area contributed by atoms with Gasteiger partial charge in [0.05, 0.1) is 6.10 Å². The van der Waals surface area contributed by atoms with Crippen molar-refractivity contribution in [3.8, 4) is 5.88 Å². The molecule has 0 saturated carbocycles. The Morgan fingerprint density at radius 2 is 2.47 bits per heavy atom. The van der Waals surface area contributed by atoms with E-state index in [9.17, 15) is 0 Å². The Morgan fingerprint density at radius 3 is 3.20 bits per heavy atom. The van der Waals surface area contributed by atoms with Gasteiger partial charge in [0.25, 0.3) is 0 Å². The Morgan fingerprint density at radius 1 is 1.60 bits per heavy atom. The van der Waals surface area contributed by atoms with Crippen LogP contribution in [0.1, 0.15) is 12.8 Å². The molecule has 5 nitrogen and oxygen atoms in total. The van der Waals surface area contributed by atoms with E-state index in [1.165, 1.54) is 6.33 Å². The first-order valence-electron chi connectivity index (χ1n) is 4.77. The van der Waals surface area contributed by atoms with Gasteiger partial charge in [-0.1, -0.05) is 0 Å². The summed E-state index contributed by atoms with van der Waals surface area (Å²) in [5.74, 6) is 0.852. The van der Waals surface area contributed by atoms with Crippen LogP contribution in [0.2, 0.25) is 0 Å². The van der Waals surface area contributed by atoms with Crippen LogP contribution < -0.4 is 10.5 Å². The molecule has 1 saturated heterocycles. The molecule has 1 aromatic heterocycles. The molecular weight excluding hydrogens is 262 g/mol. The van der Waals surface area contributed by atoms with Crippen molar-refractivity contribution in [2.45, 2.75) is 18.9 Å². The molecule has 1 unspecified atom stereocenters. The van der Waals surface area contributed by atoms with E-state index < -0.39 is 0 Å². The lowest BCUT2D eigenvalue weighted by Gasteiger charge is -2.11. The lowest BCUT2D eigenvalue weighted by molar-refractivity contribution is 0.0660. The maximum atomic E-state index is 5.60. The number of aromatic nitrogens is 2. The fraction of sp³-hybridized carbons (Fsp3) is 0.556.